The lowest BCUT2D eigenvalue weighted by molar-refractivity contribution is 0.477. The third kappa shape index (κ3) is 7.66. The van der Waals surface area contributed by atoms with Gasteiger partial charge in [-0.15, -0.1) is 0 Å². The van der Waals surface area contributed by atoms with E-state index >= 15 is 0 Å². The van der Waals surface area contributed by atoms with Gasteiger partial charge < -0.3 is 5.11 Å². The van der Waals surface area contributed by atoms with Crippen molar-refractivity contribution in [1.82, 2.24) is 14.5 Å². The van der Waals surface area contributed by atoms with Gasteiger partial charge in [0.05, 0.1) is 37.6 Å². The summed E-state index contributed by atoms with van der Waals surface area (Å²) in [5, 5.41) is 11.6. The van der Waals surface area contributed by atoms with Crippen LogP contribution in [0, 0.1) is 6.85 Å². The van der Waals surface area contributed by atoms with Crippen LogP contribution in [0.1, 0.15) is 71.9 Å². The lowest BCUT2D eigenvalue weighted by Crippen LogP contribution is -2.14. The summed E-state index contributed by atoms with van der Waals surface area (Å²) in [5.41, 5.74) is 8.09. The quantitative estimate of drug-likeness (QED) is 0.175. The first-order valence-electron chi connectivity index (χ1n) is 25.3. The Kier molecular flexibility index (Phi) is 7.44. The fourth-order valence-electron chi connectivity index (χ4n) is 7.89. The van der Waals surface area contributed by atoms with Crippen LogP contribution < -0.4 is 0 Å². The monoisotopic (exact) mass is 803 g/mol. The molecule has 0 saturated heterocycles. The van der Waals surface area contributed by atoms with Gasteiger partial charge in [0.25, 0.3) is 0 Å². The largest absolute Gasteiger partial charge is 0.507 e. The van der Waals surface area contributed by atoms with Gasteiger partial charge in [-0.3, -0.25) is 9.55 Å². The number of phenolic OH excluding ortho intramolecular Hbond substituents is 1. The molecule has 4 nitrogen and oxygen atoms in total. The highest BCUT2D eigenvalue weighted by atomic mass is 16.3. The van der Waals surface area contributed by atoms with Gasteiger partial charge in [-0.05, 0) is 117 Å². The molecule has 0 amide bonds. The van der Waals surface area contributed by atoms with Crippen LogP contribution in [0.5, 0.6) is 5.75 Å². The molecule has 0 fully saturated rings. The summed E-state index contributed by atoms with van der Waals surface area (Å²) >= 11 is 0. The van der Waals surface area contributed by atoms with Gasteiger partial charge >= 0.3 is 0 Å². The average Bonchev–Trinajstić information content (AvgIpc) is 3.71. The number of fused-ring (bicyclic) bond motifs is 1. The maximum absolute atomic E-state index is 11.6. The number of aromatic hydroxyl groups is 1. The van der Waals surface area contributed by atoms with Gasteiger partial charge in [0.15, 0.2) is 0 Å². The molecule has 0 unspecified atom stereocenters. The molecule has 7 aromatic carbocycles. The van der Waals surface area contributed by atoms with Crippen molar-refractivity contribution in [3.05, 3.63) is 193 Å². The summed E-state index contributed by atoms with van der Waals surface area (Å²) in [7, 11) is 0. The van der Waals surface area contributed by atoms with E-state index in [1.807, 2.05) is 106 Å². The van der Waals surface area contributed by atoms with E-state index in [9.17, 15) is 6.48 Å². The Morgan fingerprint density at radius 2 is 1.21 bits per heavy atom. The summed E-state index contributed by atoms with van der Waals surface area (Å²) in [6, 6.07) is 39.6. The summed E-state index contributed by atoms with van der Waals surface area (Å²) in [5.74, 6) is 0.536. The highest BCUT2D eigenvalue weighted by Gasteiger charge is 2.27. The van der Waals surface area contributed by atoms with E-state index in [2.05, 4.69) is 66.7 Å². The van der Waals surface area contributed by atoms with Gasteiger partial charge in [0.2, 0.25) is 0 Å². The minimum absolute atomic E-state index is 0.0437. The number of pyridine rings is 1. The Labute approximate surface area is 373 Å². The molecule has 2 aromatic heterocycles. The molecule has 9 aromatic rings. The highest BCUT2D eigenvalue weighted by Crippen LogP contribution is 2.45. The lowest BCUT2D eigenvalue weighted by Gasteiger charge is -2.27. The second kappa shape index (κ2) is 15.5. The van der Waals surface area contributed by atoms with Crippen molar-refractivity contribution >= 4 is 11.0 Å². The molecule has 0 saturated carbocycles. The second-order valence-corrected chi connectivity index (χ2v) is 17.4. The Morgan fingerprint density at radius 3 is 1.89 bits per heavy atom. The van der Waals surface area contributed by atoms with Crippen molar-refractivity contribution in [2.24, 2.45) is 0 Å². The predicted molar refractivity (Wildman–Crippen MR) is 255 cm³/mol. The number of hydrogen-bond donors (Lipinski definition) is 1. The van der Waals surface area contributed by atoms with E-state index in [0.29, 0.717) is 33.6 Å². The van der Waals surface area contributed by atoms with Gasteiger partial charge in [0.1, 0.15) is 11.6 Å². The van der Waals surface area contributed by atoms with Crippen molar-refractivity contribution in [3.8, 4) is 78.6 Å². The van der Waals surface area contributed by atoms with Crippen LogP contribution in [0.4, 0.5) is 0 Å². The molecule has 4 heteroatoms. The van der Waals surface area contributed by atoms with Crippen LogP contribution in [0.2, 0.25) is 0 Å². The third-order valence-corrected chi connectivity index (χ3v) is 11.0. The van der Waals surface area contributed by atoms with Gasteiger partial charge in [-0.25, -0.2) is 4.98 Å². The predicted octanol–water partition coefficient (Wildman–Crippen LogP) is 15.0. The molecule has 0 aliphatic carbocycles. The molecule has 0 radical (unpaired) electrons. The standard InChI is InChI=1S/C57H51N3O/c1-37-25-27-38(28-26-37)41-29-30-58-50(34-41)43-31-42(32-44(33-43)56(2,3)4)45-22-16-23-51-54(45)59-55(46-21-14-15-24-53(46)61)60(51)52-36-47(39-17-10-8-11-18-39)49(57(5,6)7)35-48(52)40-19-12-9-13-20-40/h8-36,61H,1-7H3/i1D3,25D,26D,27D,28D,29D,30D,34D. The van der Waals surface area contributed by atoms with E-state index in [1.54, 1.807) is 12.1 Å². The van der Waals surface area contributed by atoms with Crippen LogP contribution >= 0.6 is 0 Å². The third-order valence-electron chi connectivity index (χ3n) is 11.0. The minimum Gasteiger partial charge on any atom is -0.507 e. The van der Waals surface area contributed by atoms with Crippen molar-refractivity contribution in [3.63, 3.8) is 0 Å². The minimum atomic E-state index is -2.97. The fourth-order valence-corrected chi connectivity index (χ4v) is 7.89. The van der Waals surface area contributed by atoms with E-state index < -0.39 is 65.8 Å². The SMILES string of the molecule is [2H]c1nc(-c2cc(-c3cccc4c3nc(-c3ccccc3O)n4-c3cc(-c4ccccc4)c(C(C)(C)C)cc3-c3ccccc3)cc(C(C)(C)C)c2)c([2H])c(-c2c([2H])c([2H])c(C([2H])([2H])[2H])c([2H])c2[2H])c1[2H]. The summed E-state index contributed by atoms with van der Waals surface area (Å²) in [4.78, 5) is 9.89. The van der Waals surface area contributed by atoms with Crippen molar-refractivity contribution in [1.29, 1.82) is 0 Å². The van der Waals surface area contributed by atoms with Crippen molar-refractivity contribution < 1.29 is 18.8 Å². The van der Waals surface area contributed by atoms with Crippen LogP contribution in [0.25, 0.3) is 83.9 Å². The zero-order valence-electron chi connectivity index (χ0n) is 45.0. The van der Waals surface area contributed by atoms with E-state index in [4.69, 9.17) is 17.3 Å². The molecule has 2 heterocycles. The number of para-hydroxylation sites is 2. The van der Waals surface area contributed by atoms with Crippen molar-refractivity contribution in [2.75, 3.05) is 0 Å². The Hall–Kier alpha value is -7.04. The number of nitrogens with zero attached hydrogens (tertiary/aromatic N) is 3. The average molecular weight is 804 g/mol. The number of phenols is 1. The van der Waals surface area contributed by atoms with Gasteiger partial charge in [0, 0.05) is 27.0 Å². The lowest BCUT2D eigenvalue weighted by atomic mass is 9.79. The Balaban J connectivity index is 1.35. The summed E-state index contributed by atoms with van der Waals surface area (Å²) in [6.07, 6.45) is -0.569. The van der Waals surface area contributed by atoms with Gasteiger partial charge in [-0.2, -0.15) is 0 Å². The second-order valence-electron chi connectivity index (χ2n) is 17.4. The molecule has 300 valence electrons. The molecule has 0 spiro atoms. The molecular weight excluding hydrogens is 743 g/mol. The van der Waals surface area contributed by atoms with Crippen molar-refractivity contribution in [2.45, 2.75) is 59.2 Å². The topological polar surface area (TPSA) is 50.9 Å². The van der Waals surface area contributed by atoms with E-state index in [0.717, 1.165) is 44.6 Å². The number of hydrogen-bond acceptors (Lipinski definition) is 3. The maximum Gasteiger partial charge on any atom is 0.149 e. The number of rotatable bonds is 7. The normalized spacial score (nSPS) is 14.5. The zero-order valence-corrected chi connectivity index (χ0v) is 35.0. The fraction of sp³-hybridized carbons (Fsp3) is 0.158. The summed E-state index contributed by atoms with van der Waals surface area (Å²) in [6.45, 7) is 9.78. The first-order valence-corrected chi connectivity index (χ1v) is 20.3. The number of aromatic nitrogens is 3. The zero-order chi connectivity index (χ0) is 51.1. The smallest absolute Gasteiger partial charge is 0.149 e. The molecule has 0 bridgehead atoms. The Bertz CT molecular complexity index is 3540. The maximum atomic E-state index is 11.6. The molecule has 9 rings (SSSR count). The molecule has 61 heavy (non-hydrogen) atoms. The molecule has 0 atom stereocenters. The van der Waals surface area contributed by atoms with E-state index in [-0.39, 0.29) is 22.4 Å². The molecule has 1 N–H and O–H groups in total. The van der Waals surface area contributed by atoms with E-state index in [1.165, 1.54) is 0 Å². The summed E-state index contributed by atoms with van der Waals surface area (Å²) < 4.78 is 88.1. The number of imidazole rings is 1. The molecule has 0 aliphatic rings. The van der Waals surface area contributed by atoms with Crippen LogP contribution in [-0.2, 0) is 10.8 Å². The van der Waals surface area contributed by atoms with Crippen LogP contribution in [0.3, 0.4) is 0 Å². The van der Waals surface area contributed by atoms with Gasteiger partial charge in [-0.1, -0.05) is 162 Å². The first-order chi connectivity index (χ1) is 33.5. The number of benzene rings is 7. The Morgan fingerprint density at radius 1 is 0.557 bits per heavy atom. The van der Waals surface area contributed by atoms with Crippen LogP contribution in [-0.4, -0.2) is 19.6 Å². The highest BCUT2D eigenvalue weighted by molar-refractivity contribution is 5.98. The molecule has 0 aliphatic heterocycles. The molecular formula is C57H51N3O. The first kappa shape index (κ1) is 29.2. The van der Waals surface area contributed by atoms with Crippen LogP contribution in [0.15, 0.2) is 176 Å².